The number of carbonyl (C=O) groups is 2. The minimum Gasteiger partial charge on any atom is -0.462 e. The van der Waals surface area contributed by atoms with Crippen LogP contribution in [0.25, 0.3) is 0 Å². The fourth-order valence-electron chi connectivity index (χ4n) is 3.12. The average Bonchev–Trinajstić information content (AvgIpc) is 2.82. The van der Waals surface area contributed by atoms with E-state index in [2.05, 4.69) is 5.32 Å². The van der Waals surface area contributed by atoms with Crippen molar-refractivity contribution in [1.29, 1.82) is 5.26 Å². The Morgan fingerprint density at radius 2 is 1.92 bits per heavy atom. The van der Waals surface area contributed by atoms with E-state index in [9.17, 15) is 9.59 Å². The monoisotopic (exact) mass is 368 g/mol. The molecule has 0 saturated carbocycles. The molecule has 1 amide bonds. The number of anilines is 1. The third kappa shape index (κ3) is 3.78. The number of hydrogen-bond acceptors (Lipinski definition) is 5. The number of fused-ring (bicyclic) bond motifs is 1. The Morgan fingerprint density at radius 1 is 1.19 bits per heavy atom. The lowest BCUT2D eigenvalue weighted by molar-refractivity contribution is 0.0527. The molecule has 0 bridgehead atoms. The Labute approximate surface area is 156 Å². The first-order valence-corrected chi connectivity index (χ1v) is 9.58. The Morgan fingerprint density at radius 3 is 2.62 bits per heavy atom. The third-order valence-electron chi connectivity index (χ3n) is 4.40. The second-order valence-electron chi connectivity index (χ2n) is 6.13. The first-order chi connectivity index (χ1) is 12.6. The van der Waals surface area contributed by atoms with Gasteiger partial charge in [0.1, 0.15) is 5.00 Å². The van der Waals surface area contributed by atoms with Crippen molar-refractivity contribution in [1.82, 2.24) is 0 Å². The number of ether oxygens (including phenoxy) is 1. The first kappa shape index (κ1) is 18.2. The Bertz CT molecular complexity index is 862. The van der Waals surface area contributed by atoms with E-state index in [0.29, 0.717) is 28.3 Å². The van der Waals surface area contributed by atoms with Gasteiger partial charge in [-0.3, -0.25) is 4.79 Å². The van der Waals surface area contributed by atoms with Crippen molar-refractivity contribution in [3.63, 3.8) is 0 Å². The molecule has 5 nitrogen and oxygen atoms in total. The zero-order valence-corrected chi connectivity index (χ0v) is 15.4. The van der Waals surface area contributed by atoms with Crippen molar-refractivity contribution in [2.45, 2.75) is 39.0 Å². The Hall–Kier alpha value is -2.65. The van der Waals surface area contributed by atoms with Gasteiger partial charge in [-0.1, -0.05) is 6.42 Å². The summed E-state index contributed by atoms with van der Waals surface area (Å²) in [6.45, 7) is 2.07. The minimum absolute atomic E-state index is 0.295. The van der Waals surface area contributed by atoms with Crippen LogP contribution in [0.2, 0.25) is 0 Å². The molecule has 0 atom stereocenters. The highest BCUT2D eigenvalue weighted by Gasteiger charge is 2.26. The molecule has 0 radical (unpaired) electrons. The van der Waals surface area contributed by atoms with E-state index in [1.54, 1.807) is 31.2 Å². The summed E-state index contributed by atoms with van der Waals surface area (Å²) in [6.07, 6.45) is 5.06. The predicted octanol–water partition coefficient (Wildman–Crippen LogP) is 4.32. The maximum absolute atomic E-state index is 12.6. The van der Waals surface area contributed by atoms with E-state index in [4.69, 9.17) is 10.00 Å². The lowest BCUT2D eigenvalue weighted by Crippen LogP contribution is -2.15. The number of hydrogen-bond donors (Lipinski definition) is 1. The number of aryl methyl sites for hydroxylation is 1. The van der Waals surface area contributed by atoms with Gasteiger partial charge in [0, 0.05) is 10.4 Å². The highest BCUT2D eigenvalue weighted by atomic mass is 32.1. The third-order valence-corrected chi connectivity index (χ3v) is 5.61. The van der Waals surface area contributed by atoms with Crippen molar-refractivity contribution < 1.29 is 14.3 Å². The predicted molar refractivity (Wildman–Crippen MR) is 101 cm³/mol. The van der Waals surface area contributed by atoms with Gasteiger partial charge in [-0.25, -0.2) is 4.79 Å². The van der Waals surface area contributed by atoms with E-state index in [1.807, 2.05) is 6.07 Å². The molecule has 26 heavy (non-hydrogen) atoms. The standard InChI is InChI=1S/C20H20N2O3S/c1-2-25-20(24)17-15-6-4-3-5-7-16(15)26-19(17)22-18(23)14-10-8-13(12-21)9-11-14/h8-11H,2-7H2,1H3,(H,22,23). The quantitative estimate of drug-likeness (QED) is 0.644. The molecule has 0 fully saturated rings. The van der Waals surface area contributed by atoms with Crippen molar-refractivity contribution in [3.8, 4) is 6.07 Å². The van der Waals surface area contributed by atoms with Gasteiger partial charge in [0.15, 0.2) is 0 Å². The van der Waals surface area contributed by atoms with Crippen LogP contribution in [0.1, 0.15) is 62.9 Å². The summed E-state index contributed by atoms with van der Waals surface area (Å²) in [5.41, 5.74) is 2.48. The highest BCUT2D eigenvalue weighted by Crippen LogP contribution is 2.38. The molecular formula is C20H20N2O3S. The van der Waals surface area contributed by atoms with Gasteiger partial charge in [-0.15, -0.1) is 11.3 Å². The number of rotatable bonds is 4. The van der Waals surface area contributed by atoms with Gasteiger partial charge in [-0.05, 0) is 62.4 Å². The topological polar surface area (TPSA) is 79.2 Å². The summed E-state index contributed by atoms with van der Waals surface area (Å²) in [5.74, 6) is -0.668. The largest absolute Gasteiger partial charge is 0.462 e. The van der Waals surface area contributed by atoms with E-state index in [1.165, 1.54) is 16.2 Å². The van der Waals surface area contributed by atoms with Crippen LogP contribution in [-0.2, 0) is 17.6 Å². The fraction of sp³-hybridized carbons (Fsp3) is 0.350. The number of nitrogens with one attached hydrogen (secondary N) is 1. The minimum atomic E-state index is -0.373. The molecule has 1 heterocycles. The van der Waals surface area contributed by atoms with Gasteiger partial charge >= 0.3 is 5.97 Å². The van der Waals surface area contributed by atoms with Gasteiger partial charge in [-0.2, -0.15) is 5.26 Å². The summed E-state index contributed by atoms with van der Waals surface area (Å²) in [4.78, 5) is 26.3. The fourth-order valence-corrected chi connectivity index (χ4v) is 4.39. The van der Waals surface area contributed by atoms with Crippen LogP contribution in [0, 0.1) is 11.3 Å². The van der Waals surface area contributed by atoms with E-state index >= 15 is 0 Å². The summed E-state index contributed by atoms with van der Waals surface area (Å²) < 4.78 is 5.23. The zero-order valence-electron chi connectivity index (χ0n) is 14.6. The van der Waals surface area contributed by atoms with Crippen LogP contribution in [0.5, 0.6) is 0 Å². The Kier molecular flexibility index (Phi) is 5.69. The summed E-state index contributed by atoms with van der Waals surface area (Å²) >= 11 is 1.48. The van der Waals surface area contributed by atoms with Crippen molar-refractivity contribution in [2.75, 3.05) is 11.9 Å². The molecule has 3 rings (SSSR count). The molecule has 0 aliphatic heterocycles. The molecule has 0 spiro atoms. The smallest absolute Gasteiger partial charge is 0.341 e. The van der Waals surface area contributed by atoms with Gasteiger partial charge < -0.3 is 10.1 Å². The van der Waals surface area contributed by atoms with Gasteiger partial charge in [0.2, 0.25) is 0 Å². The molecule has 6 heteroatoms. The number of nitriles is 1. The molecule has 0 unspecified atom stereocenters. The molecule has 0 saturated heterocycles. The van der Waals surface area contributed by atoms with Crippen LogP contribution in [0.4, 0.5) is 5.00 Å². The zero-order chi connectivity index (χ0) is 18.5. The molecule has 1 aliphatic rings. The maximum Gasteiger partial charge on any atom is 0.341 e. The molecule has 1 aliphatic carbocycles. The van der Waals surface area contributed by atoms with Crippen LogP contribution in [0.3, 0.4) is 0 Å². The lowest BCUT2D eigenvalue weighted by Gasteiger charge is -2.08. The molecule has 1 aromatic heterocycles. The number of benzene rings is 1. The maximum atomic E-state index is 12.6. The number of esters is 1. The first-order valence-electron chi connectivity index (χ1n) is 8.77. The van der Waals surface area contributed by atoms with Crippen molar-refractivity contribution >= 4 is 28.2 Å². The summed E-state index contributed by atoms with van der Waals surface area (Å²) in [6, 6.07) is 8.45. The molecule has 2 aromatic rings. The second-order valence-corrected chi connectivity index (χ2v) is 7.24. The summed E-state index contributed by atoms with van der Waals surface area (Å²) in [7, 11) is 0. The lowest BCUT2D eigenvalue weighted by atomic mass is 10.1. The SMILES string of the molecule is CCOC(=O)c1c(NC(=O)c2ccc(C#N)cc2)sc2c1CCCCC2. The molecule has 1 aromatic carbocycles. The van der Waals surface area contributed by atoms with Crippen LogP contribution in [-0.4, -0.2) is 18.5 Å². The molecule has 134 valence electrons. The van der Waals surface area contributed by atoms with E-state index in [0.717, 1.165) is 37.7 Å². The van der Waals surface area contributed by atoms with Gasteiger partial charge in [0.05, 0.1) is 23.8 Å². The molecular weight excluding hydrogens is 348 g/mol. The van der Waals surface area contributed by atoms with E-state index < -0.39 is 0 Å². The number of thiophene rings is 1. The highest BCUT2D eigenvalue weighted by molar-refractivity contribution is 7.17. The van der Waals surface area contributed by atoms with Gasteiger partial charge in [0.25, 0.3) is 5.91 Å². The van der Waals surface area contributed by atoms with Crippen LogP contribution in [0.15, 0.2) is 24.3 Å². The number of nitrogens with zero attached hydrogens (tertiary/aromatic N) is 1. The van der Waals surface area contributed by atoms with E-state index in [-0.39, 0.29) is 11.9 Å². The van der Waals surface area contributed by atoms with Crippen LogP contribution >= 0.6 is 11.3 Å². The normalized spacial score (nSPS) is 13.2. The number of carbonyl (C=O) groups excluding carboxylic acids is 2. The Balaban J connectivity index is 1.91. The van der Waals surface area contributed by atoms with Crippen molar-refractivity contribution in [2.24, 2.45) is 0 Å². The average molecular weight is 368 g/mol. The van der Waals surface area contributed by atoms with Crippen molar-refractivity contribution in [3.05, 3.63) is 51.4 Å². The second kappa shape index (κ2) is 8.15. The van der Waals surface area contributed by atoms with Crippen LogP contribution < -0.4 is 5.32 Å². The number of amides is 1. The summed E-state index contributed by atoms with van der Waals surface area (Å²) in [5, 5.41) is 12.3. The molecule has 1 N–H and O–H groups in total.